The monoisotopic (exact) mass is 248 g/mol. The van der Waals surface area contributed by atoms with Crippen LogP contribution in [-0.2, 0) is 0 Å². The van der Waals surface area contributed by atoms with Gasteiger partial charge in [0, 0.05) is 0 Å². The minimum Gasteiger partial charge on any atom is -0.507 e. The predicted molar refractivity (Wildman–Crippen MR) is 79.3 cm³/mol. The van der Waals surface area contributed by atoms with Crippen LogP contribution >= 0.6 is 0 Å². The maximum atomic E-state index is 10.3. The van der Waals surface area contributed by atoms with E-state index in [1.807, 2.05) is 19.9 Å². The van der Waals surface area contributed by atoms with Crippen molar-refractivity contribution in [3.63, 3.8) is 0 Å². The summed E-state index contributed by atoms with van der Waals surface area (Å²) in [7, 11) is 0. The summed E-state index contributed by atoms with van der Waals surface area (Å²) in [6.07, 6.45) is 4.01. The van der Waals surface area contributed by atoms with E-state index in [9.17, 15) is 5.11 Å². The van der Waals surface area contributed by atoms with Gasteiger partial charge in [-0.05, 0) is 41.7 Å². The second-order valence-electron chi connectivity index (χ2n) is 5.42. The molecule has 1 heteroatoms. The highest BCUT2D eigenvalue weighted by atomic mass is 16.3. The highest BCUT2D eigenvalue weighted by Gasteiger charge is 2.27. The smallest absolute Gasteiger partial charge is 0.122 e. The van der Waals surface area contributed by atoms with E-state index in [-0.39, 0.29) is 0 Å². The first-order valence-corrected chi connectivity index (χ1v) is 7.43. The van der Waals surface area contributed by atoms with Gasteiger partial charge in [0.2, 0.25) is 0 Å². The van der Waals surface area contributed by atoms with Crippen LogP contribution in [0.2, 0.25) is 0 Å². The van der Waals surface area contributed by atoms with Crippen molar-refractivity contribution in [2.75, 3.05) is 0 Å². The van der Waals surface area contributed by atoms with Crippen molar-refractivity contribution in [1.82, 2.24) is 0 Å². The number of benzene rings is 1. The van der Waals surface area contributed by atoms with Crippen molar-refractivity contribution in [3.05, 3.63) is 29.3 Å². The van der Waals surface area contributed by atoms with Crippen molar-refractivity contribution < 1.29 is 5.11 Å². The van der Waals surface area contributed by atoms with E-state index >= 15 is 0 Å². The van der Waals surface area contributed by atoms with Gasteiger partial charge in [0.25, 0.3) is 0 Å². The highest BCUT2D eigenvalue weighted by molar-refractivity contribution is 5.44. The van der Waals surface area contributed by atoms with Crippen LogP contribution in [-0.4, -0.2) is 5.11 Å². The zero-order chi connectivity index (χ0) is 13.7. The Kier molecular flexibility index (Phi) is 5.71. The average molecular weight is 248 g/mol. The summed E-state index contributed by atoms with van der Waals surface area (Å²) in [6, 6.07) is 6.21. The Balaban J connectivity index is 0.000000771. The lowest BCUT2D eigenvalue weighted by molar-refractivity contribution is 0.268. The maximum Gasteiger partial charge on any atom is 0.122 e. The molecule has 1 aliphatic carbocycles. The Bertz CT molecular complexity index is 364. The Morgan fingerprint density at radius 3 is 2.06 bits per heavy atom. The third kappa shape index (κ3) is 3.07. The van der Waals surface area contributed by atoms with Crippen LogP contribution in [0.4, 0.5) is 0 Å². The molecule has 1 aromatic carbocycles. The first-order chi connectivity index (χ1) is 8.61. The molecule has 2 rings (SSSR count). The molecule has 1 aliphatic rings. The molecule has 0 bridgehead atoms. The van der Waals surface area contributed by atoms with E-state index in [1.54, 1.807) is 0 Å². The zero-order valence-corrected chi connectivity index (χ0v) is 12.5. The molecule has 0 amide bonds. The SMILES string of the molecule is CC.CC(C)c1cccc([C@H](C)C2CCC2)c1O. The fourth-order valence-electron chi connectivity index (χ4n) is 2.61. The Morgan fingerprint density at radius 2 is 1.61 bits per heavy atom. The van der Waals surface area contributed by atoms with Crippen molar-refractivity contribution in [1.29, 1.82) is 0 Å². The maximum absolute atomic E-state index is 10.3. The molecule has 1 saturated carbocycles. The van der Waals surface area contributed by atoms with Gasteiger partial charge >= 0.3 is 0 Å². The molecule has 1 fully saturated rings. The summed E-state index contributed by atoms with van der Waals surface area (Å²) in [5.74, 6) is 2.23. The average Bonchev–Trinajstić information content (AvgIpc) is 2.29. The van der Waals surface area contributed by atoms with Crippen LogP contribution < -0.4 is 0 Å². The third-order valence-electron chi connectivity index (χ3n) is 4.07. The molecule has 0 unspecified atom stereocenters. The van der Waals surface area contributed by atoms with E-state index < -0.39 is 0 Å². The van der Waals surface area contributed by atoms with Crippen LogP contribution in [0.15, 0.2) is 18.2 Å². The van der Waals surface area contributed by atoms with Gasteiger partial charge < -0.3 is 5.11 Å². The van der Waals surface area contributed by atoms with Crippen LogP contribution in [0.3, 0.4) is 0 Å². The van der Waals surface area contributed by atoms with E-state index in [4.69, 9.17) is 0 Å². The third-order valence-corrected chi connectivity index (χ3v) is 4.07. The second-order valence-corrected chi connectivity index (χ2v) is 5.42. The molecule has 1 N–H and O–H groups in total. The van der Waals surface area contributed by atoms with Gasteiger partial charge in [0.05, 0.1) is 0 Å². The molecule has 1 atom stereocenters. The molecule has 102 valence electrons. The summed E-state index contributed by atoms with van der Waals surface area (Å²) in [5, 5.41) is 10.3. The van der Waals surface area contributed by atoms with Crippen LogP contribution in [0, 0.1) is 5.92 Å². The summed E-state index contributed by atoms with van der Waals surface area (Å²) < 4.78 is 0. The fraction of sp³-hybridized carbons (Fsp3) is 0.647. The molecule has 1 nitrogen and oxygen atoms in total. The van der Waals surface area contributed by atoms with Crippen molar-refractivity contribution in [2.24, 2.45) is 5.92 Å². The van der Waals surface area contributed by atoms with Gasteiger partial charge in [0.15, 0.2) is 0 Å². The number of phenolic OH excluding ortho intramolecular Hbond substituents is 1. The van der Waals surface area contributed by atoms with Crippen LogP contribution in [0.5, 0.6) is 5.75 Å². The number of para-hydroxylation sites is 1. The van der Waals surface area contributed by atoms with Gasteiger partial charge in [-0.2, -0.15) is 0 Å². The van der Waals surface area contributed by atoms with Crippen LogP contribution in [0.25, 0.3) is 0 Å². The number of hydrogen-bond acceptors (Lipinski definition) is 1. The summed E-state index contributed by atoms with van der Waals surface area (Å²) in [5.41, 5.74) is 2.24. The lowest BCUT2D eigenvalue weighted by Gasteiger charge is -2.32. The molecule has 0 saturated heterocycles. The largest absolute Gasteiger partial charge is 0.507 e. The summed E-state index contributed by atoms with van der Waals surface area (Å²) >= 11 is 0. The summed E-state index contributed by atoms with van der Waals surface area (Å²) in [6.45, 7) is 10.5. The van der Waals surface area contributed by atoms with Crippen LogP contribution in [0.1, 0.15) is 76.8 Å². The van der Waals surface area contributed by atoms with Gasteiger partial charge in [-0.15, -0.1) is 0 Å². The summed E-state index contributed by atoms with van der Waals surface area (Å²) in [4.78, 5) is 0. The highest BCUT2D eigenvalue weighted by Crippen LogP contribution is 2.43. The molecule has 18 heavy (non-hydrogen) atoms. The Hall–Kier alpha value is -0.980. The van der Waals surface area contributed by atoms with Gasteiger partial charge in [-0.1, -0.05) is 59.2 Å². The number of phenols is 1. The molecule has 0 heterocycles. The Morgan fingerprint density at radius 1 is 1.06 bits per heavy atom. The molecule has 0 aromatic heterocycles. The van der Waals surface area contributed by atoms with Gasteiger partial charge in [-0.3, -0.25) is 0 Å². The van der Waals surface area contributed by atoms with Crippen molar-refractivity contribution in [2.45, 2.75) is 65.7 Å². The molecular weight excluding hydrogens is 220 g/mol. The van der Waals surface area contributed by atoms with Gasteiger partial charge in [0.1, 0.15) is 5.75 Å². The fourth-order valence-corrected chi connectivity index (χ4v) is 2.61. The number of hydrogen-bond donors (Lipinski definition) is 1. The second kappa shape index (κ2) is 6.82. The van der Waals surface area contributed by atoms with Gasteiger partial charge in [-0.25, -0.2) is 0 Å². The van der Waals surface area contributed by atoms with E-state index in [0.717, 1.165) is 17.0 Å². The van der Waals surface area contributed by atoms with Crippen molar-refractivity contribution >= 4 is 0 Å². The first kappa shape index (κ1) is 15.1. The standard InChI is InChI=1S/C15H22O.C2H6/c1-10(2)13-8-5-9-14(15(13)16)11(3)12-6-4-7-12;1-2/h5,8-12,16H,4,6-7H2,1-3H3;1-2H3/t11-;/m1./s1. The molecule has 0 spiro atoms. The molecule has 1 aromatic rings. The zero-order valence-electron chi connectivity index (χ0n) is 12.5. The first-order valence-electron chi connectivity index (χ1n) is 7.43. The quantitative estimate of drug-likeness (QED) is 0.754. The van der Waals surface area contributed by atoms with E-state index in [0.29, 0.717) is 17.6 Å². The normalized spacial score (nSPS) is 16.8. The molecule has 0 radical (unpaired) electrons. The lowest BCUT2D eigenvalue weighted by atomic mass is 9.73. The molecular formula is C17H28O. The number of rotatable bonds is 3. The van der Waals surface area contributed by atoms with E-state index in [1.165, 1.54) is 19.3 Å². The minimum absolute atomic E-state index is 0.397. The van der Waals surface area contributed by atoms with E-state index in [2.05, 4.69) is 32.9 Å². The van der Waals surface area contributed by atoms with Crippen molar-refractivity contribution in [3.8, 4) is 5.75 Å². The number of aromatic hydroxyl groups is 1. The predicted octanol–water partition coefficient (Wildman–Crippen LogP) is 5.45. The topological polar surface area (TPSA) is 20.2 Å². The lowest BCUT2D eigenvalue weighted by Crippen LogP contribution is -2.18. The molecule has 0 aliphatic heterocycles. The minimum atomic E-state index is 0.397. The Labute approximate surface area is 112 Å².